The van der Waals surface area contributed by atoms with Gasteiger partial charge in [-0.1, -0.05) is 0 Å². The van der Waals surface area contributed by atoms with Gasteiger partial charge < -0.3 is 0 Å². The van der Waals surface area contributed by atoms with Crippen LogP contribution in [0, 0.1) is 0 Å². The van der Waals surface area contributed by atoms with Crippen LogP contribution in [0.3, 0.4) is 0 Å². The predicted octanol–water partition coefficient (Wildman–Crippen LogP) is 0.585. The molecule has 0 aliphatic carbocycles. The summed E-state index contributed by atoms with van der Waals surface area (Å²) in [4.78, 5) is 0. The number of alkyl halides is 1. The first-order valence-corrected chi connectivity index (χ1v) is 11.8. The third-order valence-electron chi connectivity index (χ3n) is 1.77. The molecule has 0 bridgehead atoms. The summed E-state index contributed by atoms with van der Waals surface area (Å²) in [6.07, 6.45) is 0. The standard InChI is InChI=1S/C10H13I2O/c1-3-13-10-7-5-4-6-9(10)8(2)12-11/h4-8H,3H2,1-2H3/q-1. The van der Waals surface area contributed by atoms with Gasteiger partial charge in [-0.25, -0.2) is 0 Å². The fourth-order valence-electron chi connectivity index (χ4n) is 1.14. The summed E-state index contributed by atoms with van der Waals surface area (Å²) in [6, 6.07) is 8.36. The number of hydrogen-bond acceptors (Lipinski definition) is 1. The van der Waals surface area contributed by atoms with E-state index in [1.54, 1.807) is 0 Å². The molecule has 1 aromatic carbocycles. The molecular weight excluding hydrogens is 390 g/mol. The van der Waals surface area contributed by atoms with Crippen molar-refractivity contribution in [3.05, 3.63) is 29.8 Å². The van der Waals surface area contributed by atoms with Crippen molar-refractivity contribution in [1.29, 1.82) is 0 Å². The maximum absolute atomic E-state index is 5.57. The average molecular weight is 403 g/mol. The van der Waals surface area contributed by atoms with Crippen LogP contribution in [-0.4, -0.2) is 6.61 Å². The molecule has 0 aliphatic rings. The van der Waals surface area contributed by atoms with Gasteiger partial charge in [-0.3, -0.25) is 0 Å². The van der Waals surface area contributed by atoms with Crippen molar-refractivity contribution in [3.63, 3.8) is 0 Å². The van der Waals surface area contributed by atoms with Crippen molar-refractivity contribution in [2.45, 2.75) is 17.8 Å². The monoisotopic (exact) mass is 403 g/mol. The Bertz CT molecular complexity index is 263. The molecule has 0 radical (unpaired) electrons. The summed E-state index contributed by atoms with van der Waals surface area (Å²) in [7, 11) is 0. The Hall–Kier alpha value is 0.480. The molecule has 1 atom stereocenters. The number of ether oxygens (including phenoxy) is 1. The summed E-state index contributed by atoms with van der Waals surface area (Å²) in [5.41, 5.74) is 1.37. The Morgan fingerprint density at radius 1 is 1.46 bits per heavy atom. The minimum atomic E-state index is 0.228. The first-order chi connectivity index (χ1) is 6.29. The summed E-state index contributed by atoms with van der Waals surface area (Å²) < 4.78 is 6.26. The van der Waals surface area contributed by atoms with E-state index in [0.29, 0.717) is 3.92 Å². The summed E-state index contributed by atoms with van der Waals surface area (Å²) in [6.45, 7) is 5.06. The van der Waals surface area contributed by atoms with E-state index in [1.165, 1.54) is 5.56 Å². The molecule has 3 heteroatoms. The molecule has 1 nitrogen and oxygen atoms in total. The average Bonchev–Trinajstić information content (AvgIpc) is 2.18. The molecule has 0 saturated carbocycles. The van der Waals surface area contributed by atoms with Crippen LogP contribution in [0.4, 0.5) is 0 Å². The molecule has 74 valence electrons. The first-order valence-electron chi connectivity index (χ1n) is 4.25. The number of benzene rings is 1. The number of halogens is 2. The van der Waals surface area contributed by atoms with Gasteiger partial charge in [0.2, 0.25) is 0 Å². The van der Waals surface area contributed by atoms with Gasteiger partial charge in [-0.2, -0.15) is 0 Å². The number of para-hydroxylation sites is 1. The Balaban J connectivity index is 2.90. The van der Waals surface area contributed by atoms with E-state index in [9.17, 15) is 0 Å². The van der Waals surface area contributed by atoms with E-state index in [2.05, 4.69) is 43.7 Å². The SMILES string of the molecule is CCOc1ccccc1C(C)[I-]I. The van der Waals surface area contributed by atoms with Crippen LogP contribution in [0.1, 0.15) is 23.3 Å². The van der Waals surface area contributed by atoms with E-state index in [-0.39, 0.29) is 17.2 Å². The fraction of sp³-hybridized carbons (Fsp3) is 0.400. The van der Waals surface area contributed by atoms with Gasteiger partial charge in [0.1, 0.15) is 0 Å². The van der Waals surface area contributed by atoms with E-state index in [1.807, 2.05) is 13.0 Å². The predicted molar refractivity (Wildman–Crippen MR) is 60.0 cm³/mol. The Morgan fingerprint density at radius 3 is 2.77 bits per heavy atom. The molecule has 0 spiro atoms. The van der Waals surface area contributed by atoms with E-state index < -0.39 is 0 Å². The normalized spacial score (nSPS) is 12.8. The molecule has 0 aliphatic heterocycles. The Kier molecular flexibility index (Phi) is 5.38. The quantitative estimate of drug-likeness (QED) is 0.529. The Morgan fingerprint density at radius 2 is 2.15 bits per heavy atom. The fourth-order valence-corrected chi connectivity index (χ4v) is 3.61. The molecule has 1 aromatic rings. The van der Waals surface area contributed by atoms with Crippen LogP contribution < -0.4 is 22.0 Å². The van der Waals surface area contributed by atoms with Gasteiger partial charge >= 0.3 is 101 Å². The maximum atomic E-state index is 5.57. The molecule has 0 amide bonds. The van der Waals surface area contributed by atoms with Gasteiger partial charge in [0.15, 0.2) is 0 Å². The van der Waals surface area contributed by atoms with E-state index in [0.717, 1.165) is 12.4 Å². The molecule has 0 saturated heterocycles. The molecule has 1 unspecified atom stereocenters. The van der Waals surface area contributed by atoms with Crippen molar-refractivity contribution in [3.8, 4) is 5.75 Å². The summed E-state index contributed by atoms with van der Waals surface area (Å²) in [5.74, 6) is 1.06. The van der Waals surface area contributed by atoms with Gasteiger partial charge in [0.05, 0.1) is 0 Å². The molecule has 0 fully saturated rings. The van der Waals surface area contributed by atoms with Crippen LogP contribution in [0.2, 0.25) is 0 Å². The zero-order chi connectivity index (χ0) is 9.68. The van der Waals surface area contributed by atoms with Gasteiger partial charge in [0.25, 0.3) is 0 Å². The third-order valence-corrected chi connectivity index (χ3v) is 7.89. The van der Waals surface area contributed by atoms with Crippen molar-refractivity contribution >= 4 is 18.6 Å². The second-order valence-corrected chi connectivity index (χ2v) is 8.17. The molecule has 0 N–H and O–H groups in total. The van der Waals surface area contributed by atoms with Gasteiger partial charge in [-0.15, -0.1) is 0 Å². The number of hydrogen-bond donors (Lipinski definition) is 0. The molecule has 13 heavy (non-hydrogen) atoms. The van der Waals surface area contributed by atoms with Crippen molar-refractivity contribution in [2.24, 2.45) is 0 Å². The van der Waals surface area contributed by atoms with Crippen LogP contribution in [0.5, 0.6) is 5.75 Å². The zero-order valence-electron chi connectivity index (χ0n) is 7.76. The second kappa shape index (κ2) is 6.06. The minimum absolute atomic E-state index is 0.228. The molecule has 0 heterocycles. The van der Waals surface area contributed by atoms with E-state index >= 15 is 0 Å². The van der Waals surface area contributed by atoms with Crippen LogP contribution >= 0.6 is 18.6 Å². The topological polar surface area (TPSA) is 9.23 Å². The Labute approximate surface area is 99.7 Å². The van der Waals surface area contributed by atoms with Crippen molar-refractivity contribution in [2.75, 3.05) is 6.61 Å². The summed E-state index contributed by atoms with van der Waals surface area (Å²) in [5, 5.41) is 0. The van der Waals surface area contributed by atoms with Gasteiger partial charge in [0, 0.05) is 0 Å². The van der Waals surface area contributed by atoms with E-state index in [4.69, 9.17) is 4.74 Å². The molecule has 1 rings (SSSR count). The zero-order valence-corrected chi connectivity index (χ0v) is 12.1. The third kappa shape index (κ3) is 3.27. The molecular formula is C10H13I2O-. The molecule has 0 aromatic heterocycles. The van der Waals surface area contributed by atoms with Crippen molar-refractivity contribution < 1.29 is 22.0 Å². The first kappa shape index (κ1) is 11.6. The van der Waals surface area contributed by atoms with Crippen LogP contribution in [0.25, 0.3) is 0 Å². The van der Waals surface area contributed by atoms with Crippen molar-refractivity contribution in [1.82, 2.24) is 0 Å². The van der Waals surface area contributed by atoms with Crippen LogP contribution in [-0.2, 0) is 0 Å². The summed E-state index contributed by atoms with van der Waals surface area (Å²) >= 11 is 2.74. The second-order valence-electron chi connectivity index (χ2n) is 2.67. The van der Waals surface area contributed by atoms with Crippen LogP contribution in [0.15, 0.2) is 24.3 Å². The number of rotatable bonds is 4. The van der Waals surface area contributed by atoms with Gasteiger partial charge in [-0.05, 0) is 0 Å².